The van der Waals surface area contributed by atoms with Gasteiger partial charge < -0.3 is 15.4 Å². The van der Waals surface area contributed by atoms with Crippen molar-refractivity contribution in [3.8, 4) is 5.88 Å². The van der Waals surface area contributed by atoms with Gasteiger partial charge in [0, 0.05) is 23.2 Å². The average molecular weight is 537 g/mol. The number of ether oxygens (including phenoxy) is 1. The largest absolute Gasteiger partial charge is 0.473 e. The minimum Gasteiger partial charge on any atom is -0.473 e. The van der Waals surface area contributed by atoms with Gasteiger partial charge in [-0.25, -0.2) is 15.0 Å². The summed E-state index contributed by atoms with van der Waals surface area (Å²) in [7, 11) is 0. The minimum atomic E-state index is 0. The van der Waals surface area contributed by atoms with Crippen LogP contribution in [0.3, 0.4) is 0 Å². The summed E-state index contributed by atoms with van der Waals surface area (Å²) in [5, 5.41) is 7.76. The third-order valence-electron chi connectivity index (χ3n) is 4.24. The molecule has 160 valence electrons. The van der Waals surface area contributed by atoms with Crippen LogP contribution in [-0.2, 0) is 19.7 Å². The molecule has 0 spiro atoms. The van der Waals surface area contributed by atoms with Crippen LogP contribution >= 0.6 is 35.3 Å². The third kappa shape index (κ3) is 7.24. The Kier molecular flexibility index (Phi) is 10.0. The van der Waals surface area contributed by atoms with Crippen molar-refractivity contribution in [2.75, 3.05) is 6.54 Å². The van der Waals surface area contributed by atoms with E-state index in [1.807, 2.05) is 56.3 Å². The number of hydrogen-bond acceptors (Lipinski definition) is 5. The highest BCUT2D eigenvalue weighted by molar-refractivity contribution is 14.0. The molecule has 0 amide bonds. The van der Waals surface area contributed by atoms with E-state index in [4.69, 9.17) is 9.73 Å². The van der Waals surface area contributed by atoms with Crippen molar-refractivity contribution in [2.24, 2.45) is 4.99 Å². The topological polar surface area (TPSA) is 71.4 Å². The summed E-state index contributed by atoms with van der Waals surface area (Å²) in [5.41, 5.74) is 3.13. The Hall–Kier alpha value is -2.20. The van der Waals surface area contributed by atoms with Crippen LogP contribution < -0.4 is 15.4 Å². The van der Waals surface area contributed by atoms with Gasteiger partial charge in [-0.15, -0.1) is 35.3 Å². The van der Waals surface area contributed by atoms with Crippen molar-refractivity contribution in [1.82, 2.24) is 20.6 Å². The van der Waals surface area contributed by atoms with E-state index in [9.17, 15) is 0 Å². The molecule has 0 fully saturated rings. The fourth-order valence-electron chi connectivity index (χ4n) is 2.81. The number of aromatic nitrogens is 2. The van der Waals surface area contributed by atoms with Crippen molar-refractivity contribution in [1.29, 1.82) is 0 Å². The molecular weight excluding hydrogens is 509 g/mol. The summed E-state index contributed by atoms with van der Waals surface area (Å²) in [6.07, 6.45) is 1.74. The van der Waals surface area contributed by atoms with Crippen LogP contribution in [-0.4, -0.2) is 22.5 Å². The van der Waals surface area contributed by atoms with Crippen molar-refractivity contribution in [3.63, 3.8) is 0 Å². The summed E-state index contributed by atoms with van der Waals surface area (Å²) in [6.45, 7) is 8.57. The van der Waals surface area contributed by atoms with Gasteiger partial charge in [0.25, 0.3) is 0 Å². The van der Waals surface area contributed by atoms with Crippen LogP contribution in [0, 0.1) is 13.8 Å². The van der Waals surface area contributed by atoms with Crippen LogP contribution in [0.15, 0.2) is 53.7 Å². The zero-order chi connectivity index (χ0) is 20.5. The molecule has 2 N–H and O–H groups in total. The predicted octanol–water partition coefficient (Wildman–Crippen LogP) is 4.61. The van der Waals surface area contributed by atoms with E-state index in [-0.39, 0.29) is 24.0 Å². The highest BCUT2D eigenvalue weighted by atomic mass is 127. The van der Waals surface area contributed by atoms with E-state index in [2.05, 4.69) is 27.5 Å². The third-order valence-corrected chi connectivity index (χ3v) is 5.31. The van der Waals surface area contributed by atoms with Gasteiger partial charge in [0.2, 0.25) is 5.88 Å². The maximum absolute atomic E-state index is 5.94. The molecule has 0 atom stereocenters. The molecule has 2 heterocycles. The normalized spacial score (nSPS) is 11.0. The van der Waals surface area contributed by atoms with Gasteiger partial charge in [-0.05, 0) is 32.4 Å². The summed E-state index contributed by atoms with van der Waals surface area (Å²) < 4.78 is 5.94. The summed E-state index contributed by atoms with van der Waals surface area (Å²) >= 11 is 1.71. The number of thiazole rings is 1. The fraction of sp³-hybridized carbons (Fsp3) is 0.318. The van der Waals surface area contributed by atoms with E-state index in [1.54, 1.807) is 17.5 Å². The first-order chi connectivity index (χ1) is 14.2. The average Bonchev–Trinajstić information content (AvgIpc) is 3.07. The summed E-state index contributed by atoms with van der Waals surface area (Å²) in [6, 6.07) is 14.0. The Labute approximate surface area is 199 Å². The maximum atomic E-state index is 5.94. The molecule has 0 bridgehead atoms. The Bertz CT molecular complexity index is 946. The minimum absolute atomic E-state index is 0. The second kappa shape index (κ2) is 12.5. The molecule has 0 saturated carbocycles. The number of aryl methyl sites for hydroxylation is 2. The molecule has 0 aliphatic rings. The molecule has 0 aliphatic heterocycles. The van der Waals surface area contributed by atoms with Crippen molar-refractivity contribution >= 4 is 41.3 Å². The first-order valence-corrected chi connectivity index (χ1v) is 10.5. The molecule has 0 aliphatic carbocycles. The van der Waals surface area contributed by atoms with Gasteiger partial charge >= 0.3 is 0 Å². The standard InChI is InChI=1S/C22H27N5OS.HI/c1-4-23-22(26-14-20-16(2)27-17(3)29-20)25-13-19-11-8-12-24-21(19)28-15-18-9-6-5-7-10-18;/h5-12H,4,13-15H2,1-3H3,(H2,23,25,26);1H. The number of rotatable bonds is 8. The number of hydrogen-bond donors (Lipinski definition) is 2. The zero-order valence-electron chi connectivity index (χ0n) is 17.5. The van der Waals surface area contributed by atoms with Gasteiger partial charge in [0.15, 0.2) is 5.96 Å². The Morgan fingerprint density at radius 2 is 1.90 bits per heavy atom. The number of nitrogens with one attached hydrogen (secondary N) is 2. The molecule has 0 saturated heterocycles. The lowest BCUT2D eigenvalue weighted by molar-refractivity contribution is 0.290. The van der Waals surface area contributed by atoms with Crippen molar-refractivity contribution < 1.29 is 4.74 Å². The monoisotopic (exact) mass is 537 g/mol. The predicted molar refractivity (Wildman–Crippen MR) is 134 cm³/mol. The van der Waals surface area contributed by atoms with E-state index in [0.717, 1.165) is 34.3 Å². The van der Waals surface area contributed by atoms with Crippen molar-refractivity contribution in [3.05, 3.63) is 75.4 Å². The van der Waals surface area contributed by atoms with Gasteiger partial charge in [-0.3, -0.25) is 0 Å². The SMILES string of the molecule is CCNC(=NCc1cccnc1OCc1ccccc1)NCc1sc(C)nc1C.I. The lowest BCUT2D eigenvalue weighted by Gasteiger charge is -2.12. The van der Waals surface area contributed by atoms with Crippen LogP contribution in [0.2, 0.25) is 0 Å². The van der Waals surface area contributed by atoms with Gasteiger partial charge in [0.05, 0.1) is 23.8 Å². The van der Waals surface area contributed by atoms with Crippen LogP contribution in [0.25, 0.3) is 0 Å². The fourth-order valence-corrected chi connectivity index (χ4v) is 3.68. The van der Waals surface area contributed by atoms with Gasteiger partial charge in [-0.2, -0.15) is 0 Å². The van der Waals surface area contributed by atoms with E-state index in [1.165, 1.54) is 4.88 Å². The highest BCUT2D eigenvalue weighted by Crippen LogP contribution is 2.18. The summed E-state index contributed by atoms with van der Waals surface area (Å²) in [5.74, 6) is 1.38. The number of benzene rings is 1. The van der Waals surface area contributed by atoms with Crippen LogP contribution in [0.1, 0.15) is 33.6 Å². The smallest absolute Gasteiger partial charge is 0.218 e. The number of pyridine rings is 1. The molecule has 3 aromatic rings. The Balaban J connectivity index is 0.00000320. The number of halogens is 1. The Morgan fingerprint density at radius 1 is 1.10 bits per heavy atom. The van der Waals surface area contributed by atoms with Gasteiger partial charge in [0.1, 0.15) is 6.61 Å². The van der Waals surface area contributed by atoms with Gasteiger partial charge in [-0.1, -0.05) is 36.4 Å². The van der Waals surface area contributed by atoms with E-state index >= 15 is 0 Å². The number of guanidine groups is 1. The first kappa shape index (κ1) is 24.1. The summed E-state index contributed by atoms with van der Waals surface area (Å²) in [4.78, 5) is 14.8. The molecular formula is C22H28IN5OS. The quantitative estimate of drug-likeness (QED) is 0.250. The lowest BCUT2D eigenvalue weighted by atomic mass is 10.2. The molecule has 0 unspecified atom stereocenters. The number of nitrogens with zero attached hydrogens (tertiary/aromatic N) is 3. The molecule has 8 heteroatoms. The lowest BCUT2D eigenvalue weighted by Crippen LogP contribution is -2.36. The highest BCUT2D eigenvalue weighted by Gasteiger charge is 2.08. The Morgan fingerprint density at radius 3 is 2.60 bits per heavy atom. The number of aliphatic imine (C=N–C) groups is 1. The molecule has 30 heavy (non-hydrogen) atoms. The molecule has 2 aromatic heterocycles. The molecule has 3 rings (SSSR count). The molecule has 6 nitrogen and oxygen atoms in total. The second-order valence-corrected chi connectivity index (χ2v) is 7.82. The van der Waals surface area contributed by atoms with E-state index in [0.29, 0.717) is 25.6 Å². The first-order valence-electron chi connectivity index (χ1n) is 9.71. The zero-order valence-corrected chi connectivity index (χ0v) is 20.7. The van der Waals surface area contributed by atoms with E-state index < -0.39 is 0 Å². The van der Waals surface area contributed by atoms with Crippen LogP contribution in [0.5, 0.6) is 5.88 Å². The maximum Gasteiger partial charge on any atom is 0.218 e. The molecule has 1 aromatic carbocycles. The molecule has 0 radical (unpaired) electrons. The second-order valence-electron chi connectivity index (χ2n) is 6.53. The van der Waals surface area contributed by atoms with Crippen molar-refractivity contribution in [2.45, 2.75) is 40.5 Å². The van der Waals surface area contributed by atoms with Crippen LogP contribution in [0.4, 0.5) is 0 Å².